The minimum absolute atomic E-state index is 0.212. The molecule has 0 aliphatic heterocycles. The summed E-state index contributed by atoms with van der Waals surface area (Å²) < 4.78 is 16.1. The highest BCUT2D eigenvalue weighted by molar-refractivity contribution is 5.72. The van der Waals surface area contributed by atoms with Crippen molar-refractivity contribution in [3.63, 3.8) is 0 Å². The Labute approximate surface area is 140 Å². The fourth-order valence-electron chi connectivity index (χ4n) is 1.67. The number of anilines is 1. The molecule has 1 unspecified atom stereocenters. The molecule has 0 saturated carbocycles. The van der Waals surface area contributed by atoms with E-state index in [1.54, 1.807) is 25.3 Å². The predicted molar refractivity (Wildman–Crippen MR) is 93.9 cm³/mol. The first kappa shape index (κ1) is 21.1. The van der Waals surface area contributed by atoms with E-state index in [4.69, 9.17) is 19.9 Å². The van der Waals surface area contributed by atoms with E-state index in [1.165, 1.54) is 0 Å². The van der Waals surface area contributed by atoms with Crippen LogP contribution in [0.3, 0.4) is 0 Å². The number of rotatable bonds is 6. The van der Waals surface area contributed by atoms with E-state index in [2.05, 4.69) is 0 Å². The van der Waals surface area contributed by atoms with Gasteiger partial charge in [0, 0.05) is 23.9 Å². The van der Waals surface area contributed by atoms with Crippen molar-refractivity contribution < 1.29 is 19.0 Å². The van der Waals surface area contributed by atoms with Crippen molar-refractivity contribution in [2.45, 2.75) is 53.6 Å². The van der Waals surface area contributed by atoms with Crippen LogP contribution < -0.4 is 15.2 Å². The summed E-state index contributed by atoms with van der Waals surface area (Å²) in [6, 6.07) is 5.20. The molecule has 0 aliphatic rings. The van der Waals surface area contributed by atoms with Crippen LogP contribution in [0.15, 0.2) is 18.2 Å². The number of esters is 1. The Kier molecular flexibility index (Phi) is 9.15. The molecule has 1 atom stereocenters. The maximum atomic E-state index is 11.8. The van der Waals surface area contributed by atoms with Crippen LogP contribution in [0.4, 0.5) is 5.69 Å². The van der Waals surface area contributed by atoms with Crippen LogP contribution in [0.5, 0.6) is 11.5 Å². The summed E-state index contributed by atoms with van der Waals surface area (Å²) in [7, 11) is 1.57. The van der Waals surface area contributed by atoms with Gasteiger partial charge in [-0.05, 0) is 27.2 Å². The quantitative estimate of drug-likeness (QED) is 0.631. The first-order valence-corrected chi connectivity index (χ1v) is 8.01. The number of nitrogens with two attached hydrogens (primary N) is 1. The van der Waals surface area contributed by atoms with Crippen LogP contribution in [-0.4, -0.2) is 25.3 Å². The Morgan fingerprint density at radius 2 is 1.74 bits per heavy atom. The monoisotopic (exact) mass is 325 g/mol. The van der Waals surface area contributed by atoms with Crippen molar-refractivity contribution in [2.24, 2.45) is 5.92 Å². The highest BCUT2D eigenvalue weighted by Gasteiger charge is 2.21. The van der Waals surface area contributed by atoms with Crippen LogP contribution in [0.25, 0.3) is 0 Å². The maximum absolute atomic E-state index is 11.8. The second-order valence-corrected chi connectivity index (χ2v) is 6.01. The minimum atomic E-state index is -0.465. The van der Waals surface area contributed by atoms with Gasteiger partial charge >= 0.3 is 5.97 Å². The van der Waals surface area contributed by atoms with Gasteiger partial charge in [0.15, 0.2) is 0 Å². The zero-order valence-electron chi connectivity index (χ0n) is 15.4. The molecule has 0 heterocycles. The first-order valence-electron chi connectivity index (χ1n) is 8.01. The van der Waals surface area contributed by atoms with E-state index in [-0.39, 0.29) is 11.9 Å². The number of carbonyl (C=O) groups excluding carboxylic acids is 1. The summed E-state index contributed by atoms with van der Waals surface area (Å²) in [5.74, 6) is 0.844. The van der Waals surface area contributed by atoms with Gasteiger partial charge in [-0.25, -0.2) is 0 Å². The first-order chi connectivity index (χ1) is 10.7. The van der Waals surface area contributed by atoms with Crippen molar-refractivity contribution in [1.82, 2.24) is 0 Å². The van der Waals surface area contributed by atoms with E-state index in [9.17, 15) is 4.79 Å². The second kappa shape index (κ2) is 9.98. The lowest BCUT2D eigenvalue weighted by Gasteiger charge is -2.22. The summed E-state index contributed by atoms with van der Waals surface area (Å²) >= 11 is 0. The molecule has 5 heteroatoms. The van der Waals surface area contributed by atoms with E-state index >= 15 is 0 Å². The normalized spacial score (nSPS) is 11.8. The van der Waals surface area contributed by atoms with Crippen LogP contribution in [0.1, 0.15) is 48.0 Å². The molecule has 0 bridgehead atoms. The number of carbonyl (C=O) groups is 1. The van der Waals surface area contributed by atoms with Crippen molar-refractivity contribution in [2.75, 3.05) is 19.5 Å². The van der Waals surface area contributed by atoms with Crippen molar-refractivity contribution in [1.29, 1.82) is 0 Å². The maximum Gasteiger partial charge on any atom is 0.309 e. The lowest BCUT2D eigenvalue weighted by atomic mass is 10.1. The van der Waals surface area contributed by atoms with Crippen molar-refractivity contribution in [3.05, 3.63) is 18.2 Å². The lowest BCUT2D eigenvalue weighted by Crippen LogP contribution is -2.28. The molecular formula is C18H31NO4. The number of hydrogen-bond donors (Lipinski definition) is 1. The van der Waals surface area contributed by atoms with Crippen LogP contribution in [-0.2, 0) is 9.53 Å². The van der Waals surface area contributed by atoms with Gasteiger partial charge in [0.05, 0.1) is 19.6 Å². The SMILES string of the molecule is CC.COc1cc(N)cc(OCCC(C)C(=O)OC(C)(C)C)c1. The number of benzene rings is 1. The highest BCUT2D eigenvalue weighted by atomic mass is 16.6. The molecule has 5 nitrogen and oxygen atoms in total. The van der Waals surface area contributed by atoms with Gasteiger partial charge in [-0.1, -0.05) is 20.8 Å². The molecule has 132 valence electrons. The molecule has 0 amide bonds. The summed E-state index contributed by atoms with van der Waals surface area (Å²) in [6.07, 6.45) is 0.575. The van der Waals surface area contributed by atoms with Crippen LogP contribution >= 0.6 is 0 Å². The van der Waals surface area contributed by atoms with Gasteiger partial charge in [-0.3, -0.25) is 4.79 Å². The largest absolute Gasteiger partial charge is 0.497 e. The molecule has 1 rings (SSSR count). The molecule has 1 aromatic carbocycles. The average Bonchev–Trinajstić information content (AvgIpc) is 2.46. The summed E-state index contributed by atoms with van der Waals surface area (Å²) in [4.78, 5) is 11.8. The van der Waals surface area contributed by atoms with Gasteiger partial charge in [0.2, 0.25) is 0 Å². The molecule has 2 N–H and O–H groups in total. The van der Waals surface area contributed by atoms with Crippen molar-refractivity contribution in [3.8, 4) is 11.5 Å². The average molecular weight is 325 g/mol. The number of methoxy groups -OCH3 is 1. The summed E-state index contributed by atoms with van der Waals surface area (Å²) in [5, 5.41) is 0. The van der Waals surface area contributed by atoms with Gasteiger partial charge in [-0.15, -0.1) is 0 Å². The molecule has 1 aromatic rings. The Bertz CT molecular complexity index is 480. The van der Waals surface area contributed by atoms with Gasteiger partial charge in [0.25, 0.3) is 0 Å². The second-order valence-electron chi connectivity index (χ2n) is 6.01. The number of hydrogen-bond acceptors (Lipinski definition) is 5. The molecule has 0 saturated heterocycles. The van der Waals surface area contributed by atoms with Crippen LogP contribution in [0.2, 0.25) is 0 Å². The fourth-order valence-corrected chi connectivity index (χ4v) is 1.67. The summed E-state index contributed by atoms with van der Waals surface area (Å²) in [6.45, 7) is 11.8. The third kappa shape index (κ3) is 8.96. The Hall–Kier alpha value is -1.91. The summed E-state index contributed by atoms with van der Waals surface area (Å²) in [5.41, 5.74) is 5.86. The van der Waals surface area contributed by atoms with E-state index in [0.29, 0.717) is 30.2 Å². The highest BCUT2D eigenvalue weighted by Crippen LogP contribution is 2.24. The molecule has 0 aliphatic carbocycles. The number of ether oxygens (including phenoxy) is 3. The van der Waals surface area contributed by atoms with E-state index in [1.807, 2.05) is 41.5 Å². The third-order valence-electron chi connectivity index (χ3n) is 2.77. The fraction of sp³-hybridized carbons (Fsp3) is 0.611. The molecule has 23 heavy (non-hydrogen) atoms. The molecule has 0 spiro atoms. The molecule has 0 radical (unpaired) electrons. The Morgan fingerprint density at radius 1 is 1.17 bits per heavy atom. The predicted octanol–water partition coefficient (Wildman–Crippen LogP) is 4.05. The smallest absolute Gasteiger partial charge is 0.309 e. The minimum Gasteiger partial charge on any atom is -0.497 e. The zero-order valence-corrected chi connectivity index (χ0v) is 15.4. The van der Waals surface area contributed by atoms with Gasteiger partial charge in [-0.2, -0.15) is 0 Å². The van der Waals surface area contributed by atoms with Gasteiger partial charge in [0.1, 0.15) is 17.1 Å². The zero-order chi connectivity index (χ0) is 18.0. The van der Waals surface area contributed by atoms with E-state index < -0.39 is 5.60 Å². The Balaban J connectivity index is 0.00000232. The molecule has 0 aromatic heterocycles. The Morgan fingerprint density at radius 3 is 2.26 bits per heavy atom. The molecule has 0 fully saturated rings. The lowest BCUT2D eigenvalue weighted by molar-refractivity contribution is -0.159. The molecular weight excluding hydrogens is 294 g/mol. The third-order valence-corrected chi connectivity index (χ3v) is 2.77. The van der Waals surface area contributed by atoms with Crippen LogP contribution in [0, 0.1) is 5.92 Å². The van der Waals surface area contributed by atoms with Gasteiger partial charge < -0.3 is 19.9 Å². The van der Waals surface area contributed by atoms with E-state index in [0.717, 1.165) is 0 Å². The van der Waals surface area contributed by atoms with Crippen molar-refractivity contribution >= 4 is 11.7 Å². The standard InChI is InChI=1S/C16H25NO4.C2H6/c1-11(15(18)21-16(2,3)4)6-7-20-14-9-12(17)8-13(10-14)19-5;1-2/h8-11H,6-7,17H2,1-5H3;1-2H3. The topological polar surface area (TPSA) is 70.8 Å². The number of nitrogen functional groups attached to an aromatic ring is 1.